The first-order chi connectivity index (χ1) is 9.11. The summed E-state index contributed by atoms with van der Waals surface area (Å²) in [5, 5.41) is 59.8. The average molecular weight is 298 g/mol. The predicted molar refractivity (Wildman–Crippen MR) is 65.7 cm³/mol. The van der Waals surface area contributed by atoms with Crippen LogP contribution in [0.4, 0.5) is 0 Å². The van der Waals surface area contributed by atoms with Crippen LogP contribution in [0.1, 0.15) is 19.8 Å². The first-order valence-electron chi connectivity index (χ1n) is 5.76. The van der Waals surface area contributed by atoms with E-state index in [0.29, 0.717) is 0 Å². The molecule has 9 nitrogen and oxygen atoms in total. The minimum atomic E-state index is -1.64. The number of carboxylic acid groups (broad SMARTS) is 1. The van der Waals surface area contributed by atoms with Crippen LogP contribution in [0.25, 0.3) is 0 Å². The van der Waals surface area contributed by atoms with Crippen LogP contribution < -0.4 is 0 Å². The van der Waals surface area contributed by atoms with Crippen molar-refractivity contribution in [2.24, 2.45) is 0 Å². The quantitative estimate of drug-likeness (QED) is 0.228. The van der Waals surface area contributed by atoms with Crippen LogP contribution in [0.3, 0.4) is 0 Å². The van der Waals surface area contributed by atoms with Crippen molar-refractivity contribution in [3.8, 4) is 0 Å². The highest BCUT2D eigenvalue weighted by Crippen LogP contribution is 2.12. The van der Waals surface area contributed by atoms with Crippen molar-refractivity contribution in [2.75, 3.05) is 13.2 Å². The number of carboxylic acids is 1. The van der Waals surface area contributed by atoms with Gasteiger partial charge in [0.05, 0.1) is 18.6 Å². The summed E-state index contributed by atoms with van der Waals surface area (Å²) in [5.41, 5.74) is -1.28. The van der Waals surface area contributed by atoms with Gasteiger partial charge >= 0.3 is 5.97 Å². The lowest BCUT2D eigenvalue weighted by Crippen LogP contribution is -2.40. The van der Waals surface area contributed by atoms with E-state index in [9.17, 15) is 9.59 Å². The Kier molecular flexibility index (Phi) is 11.3. The molecule has 0 amide bonds. The maximum absolute atomic E-state index is 10.0. The van der Waals surface area contributed by atoms with Crippen molar-refractivity contribution in [3.63, 3.8) is 0 Å². The third-order valence-corrected chi connectivity index (χ3v) is 2.25. The fourth-order valence-corrected chi connectivity index (χ4v) is 1.07. The number of aliphatic hydroxyl groups excluding tert-OH is 5. The lowest BCUT2D eigenvalue weighted by atomic mass is 9.99. The van der Waals surface area contributed by atoms with Crippen molar-refractivity contribution in [1.82, 2.24) is 0 Å². The molecular weight excluding hydrogens is 276 g/mol. The molecule has 0 bridgehead atoms. The Morgan fingerprint density at radius 2 is 1.75 bits per heavy atom. The van der Waals surface area contributed by atoms with E-state index < -0.39 is 36.5 Å². The molecule has 0 aromatic rings. The van der Waals surface area contributed by atoms with Gasteiger partial charge in [0.15, 0.2) is 6.29 Å². The smallest absolute Gasteiger partial charge is 0.306 e. The number of rotatable bonds is 8. The van der Waals surface area contributed by atoms with Gasteiger partial charge in [-0.15, -0.1) is 0 Å². The van der Waals surface area contributed by atoms with E-state index >= 15 is 0 Å². The summed E-state index contributed by atoms with van der Waals surface area (Å²) < 4.78 is 0. The zero-order valence-electron chi connectivity index (χ0n) is 11.1. The van der Waals surface area contributed by atoms with E-state index in [-0.39, 0.29) is 25.7 Å². The fraction of sp³-hybridized carbons (Fsp3) is 0.818. The van der Waals surface area contributed by atoms with E-state index in [0.717, 1.165) is 0 Å². The van der Waals surface area contributed by atoms with Crippen LogP contribution in [0.5, 0.6) is 0 Å². The molecule has 0 saturated carbocycles. The van der Waals surface area contributed by atoms with E-state index in [1.54, 1.807) is 0 Å². The Morgan fingerprint density at radius 3 is 2.05 bits per heavy atom. The minimum Gasteiger partial charge on any atom is -0.481 e. The maximum Gasteiger partial charge on any atom is 0.306 e. The third kappa shape index (κ3) is 10.8. The van der Waals surface area contributed by atoms with Crippen LogP contribution in [-0.2, 0) is 9.59 Å². The second kappa shape index (κ2) is 10.7. The summed E-state index contributed by atoms with van der Waals surface area (Å²) in [4.78, 5) is 19.8. The number of aliphatic hydroxyl groups is 6. The standard InChI is InChI=1S/C6H12O4.C5H10O5/c1-6(10,2-3-7)4-5(8)9;6-1-3(8)5(10)4(9)2-7/h7,10H,2-4H2,1H3,(H,8,9);1,3-5,7-10H,2H2/t6-;3-,4-,5+/m10/s1. The minimum absolute atomic E-state index is 0.0869. The molecule has 0 rings (SSSR count). The average Bonchev–Trinajstić information content (AvgIpc) is 2.34. The van der Waals surface area contributed by atoms with Gasteiger partial charge in [0.2, 0.25) is 0 Å². The Bertz CT molecular complexity index is 279. The molecular formula is C11H22O9. The second-order valence-electron chi connectivity index (χ2n) is 4.41. The number of carbonyl (C=O) groups is 2. The second-order valence-corrected chi connectivity index (χ2v) is 4.41. The number of carbonyl (C=O) groups excluding carboxylic acids is 1. The molecule has 4 atom stereocenters. The van der Waals surface area contributed by atoms with Gasteiger partial charge < -0.3 is 40.5 Å². The molecule has 0 unspecified atom stereocenters. The molecule has 0 aromatic carbocycles. The molecule has 7 N–H and O–H groups in total. The van der Waals surface area contributed by atoms with Crippen LogP contribution in [-0.4, -0.2) is 85.1 Å². The first kappa shape index (κ1) is 21.2. The Hall–Kier alpha value is -1.10. The van der Waals surface area contributed by atoms with Crippen LogP contribution in [0, 0.1) is 0 Å². The van der Waals surface area contributed by atoms with Crippen LogP contribution in [0.15, 0.2) is 0 Å². The van der Waals surface area contributed by atoms with Crippen molar-refractivity contribution in [3.05, 3.63) is 0 Å². The molecule has 20 heavy (non-hydrogen) atoms. The lowest BCUT2D eigenvalue weighted by molar-refractivity contribution is -0.142. The molecule has 0 spiro atoms. The number of hydrogen-bond donors (Lipinski definition) is 7. The van der Waals surface area contributed by atoms with Gasteiger partial charge in [-0.05, 0) is 13.3 Å². The molecule has 0 heterocycles. The van der Waals surface area contributed by atoms with E-state index in [1.165, 1.54) is 6.92 Å². The highest BCUT2D eigenvalue weighted by Gasteiger charge is 2.23. The Labute approximate surface area is 115 Å². The normalized spacial score (nSPS) is 17.9. The van der Waals surface area contributed by atoms with Gasteiger partial charge in [-0.2, -0.15) is 0 Å². The zero-order chi connectivity index (χ0) is 16.3. The summed E-state index contributed by atoms with van der Waals surface area (Å²) in [6.07, 6.45) is -4.86. The largest absolute Gasteiger partial charge is 0.481 e. The molecule has 0 saturated heterocycles. The number of aliphatic carboxylic acids is 1. The fourth-order valence-electron chi connectivity index (χ4n) is 1.07. The SMILES string of the molecule is C[C@@](O)(CCO)CC(=O)O.O=C[C@H](O)[C@@H](O)[C@@H](O)CO. The Balaban J connectivity index is 0. The summed E-state index contributed by atoms with van der Waals surface area (Å²) in [7, 11) is 0. The van der Waals surface area contributed by atoms with Gasteiger partial charge in [-0.25, -0.2) is 0 Å². The summed E-state index contributed by atoms with van der Waals surface area (Å²) in [5.74, 6) is -1.06. The van der Waals surface area contributed by atoms with E-state index in [2.05, 4.69) is 0 Å². The molecule has 0 radical (unpaired) electrons. The first-order valence-corrected chi connectivity index (χ1v) is 5.76. The number of hydrogen-bond acceptors (Lipinski definition) is 8. The predicted octanol–water partition coefficient (Wildman–Crippen LogP) is -3.15. The molecule has 9 heteroatoms. The summed E-state index contributed by atoms with van der Waals surface area (Å²) in [6, 6.07) is 0. The lowest BCUT2D eigenvalue weighted by Gasteiger charge is -2.18. The van der Waals surface area contributed by atoms with Crippen molar-refractivity contribution >= 4 is 12.3 Å². The Morgan fingerprint density at radius 1 is 1.25 bits per heavy atom. The van der Waals surface area contributed by atoms with Gasteiger partial charge in [-0.3, -0.25) is 4.79 Å². The maximum atomic E-state index is 10.0. The van der Waals surface area contributed by atoms with Gasteiger partial charge in [-0.1, -0.05) is 0 Å². The van der Waals surface area contributed by atoms with Gasteiger partial charge in [0.25, 0.3) is 0 Å². The topological polar surface area (TPSA) is 176 Å². The van der Waals surface area contributed by atoms with Crippen molar-refractivity contribution in [1.29, 1.82) is 0 Å². The highest BCUT2D eigenvalue weighted by atomic mass is 16.4. The van der Waals surface area contributed by atoms with E-state index in [1.807, 2.05) is 0 Å². The molecule has 0 aliphatic rings. The van der Waals surface area contributed by atoms with Gasteiger partial charge in [0.1, 0.15) is 18.3 Å². The van der Waals surface area contributed by atoms with Crippen LogP contribution in [0.2, 0.25) is 0 Å². The van der Waals surface area contributed by atoms with Gasteiger partial charge in [0, 0.05) is 6.61 Å². The highest BCUT2D eigenvalue weighted by molar-refractivity contribution is 5.67. The number of aldehydes is 1. The molecule has 0 aliphatic carbocycles. The van der Waals surface area contributed by atoms with Crippen molar-refractivity contribution in [2.45, 2.75) is 43.7 Å². The summed E-state index contributed by atoms with van der Waals surface area (Å²) >= 11 is 0. The molecule has 0 fully saturated rings. The molecule has 0 aliphatic heterocycles. The van der Waals surface area contributed by atoms with E-state index in [4.69, 9.17) is 35.7 Å². The summed E-state index contributed by atoms with van der Waals surface area (Å²) in [6.45, 7) is 0.504. The molecule has 120 valence electrons. The molecule has 0 aromatic heterocycles. The van der Waals surface area contributed by atoms with Crippen molar-refractivity contribution < 1.29 is 45.3 Å². The zero-order valence-corrected chi connectivity index (χ0v) is 11.1. The van der Waals surface area contributed by atoms with Crippen LogP contribution >= 0.6 is 0 Å². The third-order valence-electron chi connectivity index (χ3n) is 2.25. The monoisotopic (exact) mass is 298 g/mol.